The van der Waals surface area contributed by atoms with Gasteiger partial charge in [0.15, 0.2) is 0 Å². The van der Waals surface area contributed by atoms with Gasteiger partial charge in [-0.25, -0.2) is 0 Å². The number of fused-ring (bicyclic) bond motifs is 3. The normalized spacial score (nSPS) is 11.2. The molecule has 0 spiro atoms. The van der Waals surface area contributed by atoms with E-state index in [4.69, 9.17) is 10.5 Å². The molecule has 4 rings (SSSR count). The summed E-state index contributed by atoms with van der Waals surface area (Å²) in [7, 11) is 0. The maximum Gasteiger partial charge on any atom is 0.249 e. The molecule has 142 valence electrons. The van der Waals surface area contributed by atoms with E-state index in [0.717, 1.165) is 38.7 Å². The molecule has 0 bridgehead atoms. The molecule has 0 saturated carbocycles. The second-order valence-electron chi connectivity index (χ2n) is 6.74. The van der Waals surface area contributed by atoms with E-state index < -0.39 is 5.91 Å². The molecule has 4 aromatic rings. The fourth-order valence-corrected chi connectivity index (χ4v) is 3.75. The summed E-state index contributed by atoms with van der Waals surface area (Å²) in [6.45, 7) is 3.14. The first-order valence-corrected chi connectivity index (χ1v) is 9.28. The Labute approximate surface area is 163 Å². The molecule has 0 atom stereocenters. The molecule has 0 saturated heterocycles. The maximum absolute atomic E-state index is 12.0. The van der Waals surface area contributed by atoms with Crippen LogP contribution in [0.15, 0.2) is 60.7 Å². The van der Waals surface area contributed by atoms with Gasteiger partial charge in [-0.05, 0) is 48.4 Å². The minimum absolute atomic E-state index is 0.0417. The number of carbonyl (C=O) groups is 1. The number of aliphatic hydroxyl groups is 1. The van der Waals surface area contributed by atoms with Crippen molar-refractivity contribution in [2.75, 3.05) is 6.61 Å². The minimum Gasteiger partial charge on any atom is -0.494 e. The molecular weight excluding hydrogens is 352 g/mol. The Kier molecular flexibility index (Phi) is 4.75. The quantitative estimate of drug-likeness (QED) is 0.538. The minimum atomic E-state index is -0.450. The number of aromatic nitrogens is 1. The highest BCUT2D eigenvalue weighted by Gasteiger charge is 2.17. The lowest BCUT2D eigenvalue weighted by Crippen LogP contribution is -2.11. The Morgan fingerprint density at radius 2 is 1.86 bits per heavy atom. The van der Waals surface area contributed by atoms with Gasteiger partial charge in [-0.3, -0.25) is 4.79 Å². The van der Waals surface area contributed by atoms with Gasteiger partial charge in [0.2, 0.25) is 5.91 Å². The molecule has 0 unspecified atom stereocenters. The standard InChI is InChI=1S/C23H22N2O3/c1-2-28-17-6-3-5-15(11-17)13-25-20-8-4-7-19(23(24)27)22(20)18-10-9-16(14-26)12-21(18)25/h3-12,26H,2,13-14H2,1H3,(H2,24,27). The number of nitrogens with zero attached hydrogens (tertiary/aromatic N) is 1. The summed E-state index contributed by atoms with van der Waals surface area (Å²) in [5, 5.41) is 11.4. The van der Waals surface area contributed by atoms with Crippen LogP contribution in [0.5, 0.6) is 5.75 Å². The molecule has 1 aromatic heterocycles. The number of aliphatic hydroxyl groups excluding tert-OH is 1. The van der Waals surface area contributed by atoms with Gasteiger partial charge in [-0.15, -0.1) is 0 Å². The average molecular weight is 374 g/mol. The molecule has 1 heterocycles. The zero-order valence-electron chi connectivity index (χ0n) is 15.7. The number of benzene rings is 3. The molecule has 1 amide bonds. The van der Waals surface area contributed by atoms with E-state index in [1.165, 1.54) is 0 Å². The number of hydrogen-bond acceptors (Lipinski definition) is 3. The second-order valence-corrected chi connectivity index (χ2v) is 6.74. The monoisotopic (exact) mass is 374 g/mol. The third-order valence-corrected chi connectivity index (χ3v) is 4.95. The first-order chi connectivity index (χ1) is 13.6. The zero-order valence-corrected chi connectivity index (χ0v) is 15.7. The molecule has 3 N–H and O–H groups in total. The van der Waals surface area contributed by atoms with Crippen molar-refractivity contribution in [3.63, 3.8) is 0 Å². The number of primary amides is 1. The molecule has 5 nitrogen and oxygen atoms in total. The van der Waals surface area contributed by atoms with Crippen molar-refractivity contribution in [3.8, 4) is 5.75 Å². The highest BCUT2D eigenvalue weighted by molar-refractivity contribution is 6.17. The van der Waals surface area contributed by atoms with Gasteiger partial charge in [0.25, 0.3) is 0 Å². The smallest absolute Gasteiger partial charge is 0.249 e. The van der Waals surface area contributed by atoms with Crippen LogP contribution in [0.2, 0.25) is 0 Å². The summed E-state index contributed by atoms with van der Waals surface area (Å²) in [6.07, 6.45) is 0. The van der Waals surface area contributed by atoms with E-state index in [-0.39, 0.29) is 6.61 Å². The first kappa shape index (κ1) is 18.1. The Balaban J connectivity index is 1.96. The predicted molar refractivity (Wildman–Crippen MR) is 111 cm³/mol. The molecule has 0 aliphatic heterocycles. The van der Waals surface area contributed by atoms with Gasteiger partial charge in [0.1, 0.15) is 5.75 Å². The Bertz CT molecular complexity index is 1180. The zero-order chi connectivity index (χ0) is 19.7. The van der Waals surface area contributed by atoms with E-state index in [9.17, 15) is 9.90 Å². The van der Waals surface area contributed by atoms with E-state index in [1.54, 1.807) is 6.07 Å². The third-order valence-electron chi connectivity index (χ3n) is 4.95. The fraction of sp³-hybridized carbons (Fsp3) is 0.174. The average Bonchev–Trinajstić information content (AvgIpc) is 3.01. The van der Waals surface area contributed by atoms with Crippen molar-refractivity contribution >= 4 is 27.7 Å². The van der Waals surface area contributed by atoms with Gasteiger partial charge in [0, 0.05) is 28.4 Å². The number of amides is 1. The largest absolute Gasteiger partial charge is 0.494 e. The summed E-state index contributed by atoms with van der Waals surface area (Å²) in [6, 6.07) is 19.4. The third kappa shape index (κ3) is 3.10. The summed E-state index contributed by atoms with van der Waals surface area (Å²) in [5.41, 5.74) is 9.93. The maximum atomic E-state index is 12.0. The molecule has 0 fully saturated rings. The number of ether oxygens (including phenoxy) is 1. The van der Waals surface area contributed by atoms with Gasteiger partial charge in [-0.1, -0.05) is 30.3 Å². The van der Waals surface area contributed by atoms with Gasteiger partial charge in [0.05, 0.1) is 18.7 Å². The highest BCUT2D eigenvalue weighted by atomic mass is 16.5. The predicted octanol–water partition coefficient (Wildman–Crippen LogP) is 3.83. The second kappa shape index (κ2) is 7.37. The molecule has 5 heteroatoms. The van der Waals surface area contributed by atoms with Crippen LogP contribution in [0, 0.1) is 0 Å². The fourth-order valence-electron chi connectivity index (χ4n) is 3.75. The molecule has 3 aromatic carbocycles. The molecule has 28 heavy (non-hydrogen) atoms. The van der Waals surface area contributed by atoms with E-state index >= 15 is 0 Å². The SMILES string of the molecule is CCOc1cccc(Cn2c3cc(CO)ccc3c3c(C(N)=O)cccc32)c1. The van der Waals surface area contributed by atoms with Crippen molar-refractivity contribution in [2.45, 2.75) is 20.1 Å². The topological polar surface area (TPSA) is 77.5 Å². The van der Waals surface area contributed by atoms with Crippen molar-refractivity contribution in [3.05, 3.63) is 77.4 Å². The van der Waals surface area contributed by atoms with E-state index in [2.05, 4.69) is 4.57 Å². The van der Waals surface area contributed by atoms with Crippen molar-refractivity contribution < 1.29 is 14.6 Å². The van der Waals surface area contributed by atoms with Crippen LogP contribution < -0.4 is 10.5 Å². The van der Waals surface area contributed by atoms with Gasteiger partial charge < -0.3 is 20.1 Å². The van der Waals surface area contributed by atoms with Crippen LogP contribution in [-0.4, -0.2) is 22.2 Å². The van der Waals surface area contributed by atoms with Gasteiger partial charge in [-0.2, -0.15) is 0 Å². The first-order valence-electron chi connectivity index (χ1n) is 9.28. The van der Waals surface area contributed by atoms with Crippen LogP contribution in [-0.2, 0) is 13.2 Å². The van der Waals surface area contributed by atoms with Crippen LogP contribution in [0.4, 0.5) is 0 Å². The van der Waals surface area contributed by atoms with Crippen molar-refractivity contribution in [2.24, 2.45) is 5.73 Å². The van der Waals surface area contributed by atoms with Crippen LogP contribution >= 0.6 is 0 Å². The lowest BCUT2D eigenvalue weighted by atomic mass is 10.0. The van der Waals surface area contributed by atoms with E-state index in [1.807, 2.05) is 61.5 Å². The lowest BCUT2D eigenvalue weighted by Gasteiger charge is -2.10. The van der Waals surface area contributed by atoms with E-state index in [0.29, 0.717) is 18.7 Å². The van der Waals surface area contributed by atoms with Crippen molar-refractivity contribution in [1.82, 2.24) is 4.57 Å². The van der Waals surface area contributed by atoms with Gasteiger partial charge >= 0.3 is 0 Å². The molecule has 0 aliphatic rings. The summed E-state index contributed by atoms with van der Waals surface area (Å²) < 4.78 is 7.78. The number of nitrogens with two attached hydrogens (primary N) is 1. The Hall–Kier alpha value is -3.31. The van der Waals surface area contributed by atoms with Crippen LogP contribution in [0.25, 0.3) is 21.8 Å². The Morgan fingerprint density at radius 1 is 1.04 bits per heavy atom. The van der Waals surface area contributed by atoms with Crippen LogP contribution in [0.1, 0.15) is 28.4 Å². The summed E-state index contributed by atoms with van der Waals surface area (Å²) >= 11 is 0. The Morgan fingerprint density at radius 3 is 2.61 bits per heavy atom. The van der Waals surface area contributed by atoms with Crippen molar-refractivity contribution in [1.29, 1.82) is 0 Å². The number of rotatable bonds is 6. The molecular formula is C23H22N2O3. The molecule has 0 aliphatic carbocycles. The lowest BCUT2D eigenvalue weighted by molar-refractivity contribution is 0.100. The number of carbonyl (C=O) groups excluding carboxylic acids is 1. The van der Waals surface area contributed by atoms with Crippen LogP contribution in [0.3, 0.4) is 0 Å². The number of hydrogen-bond donors (Lipinski definition) is 2. The summed E-state index contributed by atoms with van der Waals surface area (Å²) in [4.78, 5) is 12.0. The molecule has 0 radical (unpaired) electrons. The highest BCUT2D eigenvalue weighted by Crippen LogP contribution is 2.33. The summed E-state index contributed by atoms with van der Waals surface area (Å²) in [5.74, 6) is 0.379.